The van der Waals surface area contributed by atoms with E-state index in [9.17, 15) is 14.4 Å². The molecule has 0 fully saturated rings. The summed E-state index contributed by atoms with van der Waals surface area (Å²) >= 11 is 0. The van der Waals surface area contributed by atoms with Crippen LogP contribution in [-0.2, 0) is 28.6 Å². The molecule has 0 aliphatic carbocycles. The standard InChI is InChI=1S/C62H106O6/c1-4-7-10-13-16-19-21-23-25-27-28-29-30-31-32-33-34-36-37-39-41-43-46-49-52-55-61(64)67-58-59(57-66-60(63)54-51-48-45-18-15-12-9-6-3)68-62(65)56-53-50-47-44-42-40-38-35-26-24-22-20-17-14-11-8-5-2/h7,10,16,19,23,25,28-29,31-32,34,36,39,41,59H,4-6,8-9,11-15,17-18,20-22,24,26-27,30,33,35,37-38,40,42-58H2,1-3H3/b10-7-,19-16-,25-23-,29-28-,32-31-,36-34-,41-39-. The predicted octanol–water partition coefficient (Wildman–Crippen LogP) is 19.2. The minimum Gasteiger partial charge on any atom is -0.462 e. The molecule has 0 aromatic carbocycles. The van der Waals surface area contributed by atoms with E-state index in [0.717, 1.165) is 109 Å². The third-order valence-corrected chi connectivity index (χ3v) is 12.2. The summed E-state index contributed by atoms with van der Waals surface area (Å²) in [6, 6.07) is 0. The van der Waals surface area contributed by atoms with Gasteiger partial charge in [0.25, 0.3) is 0 Å². The number of esters is 3. The van der Waals surface area contributed by atoms with Gasteiger partial charge in [-0.15, -0.1) is 0 Å². The lowest BCUT2D eigenvalue weighted by Gasteiger charge is -2.18. The minimum atomic E-state index is -0.786. The van der Waals surface area contributed by atoms with Crippen molar-refractivity contribution in [3.63, 3.8) is 0 Å². The van der Waals surface area contributed by atoms with E-state index in [4.69, 9.17) is 14.2 Å². The second-order valence-corrected chi connectivity index (χ2v) is 18.8. The van der Waals surface area contributed by atoms with E-state index in [1.807, 2.05) is 0 Å². The van der Waals surface area contributed by atoms with Crippen LogP contribution in [0, 0.1) is 0 Å². The zero-order valence-corrected chi connectivity index (χ0v) is 44.6. The number of unbranched alkanes of at least 4 members (excludes halogenated alkanes) is 26. The predicted molar refractivity (Wildman–Crippen MR) is 293 cm³/mol. The van der Waals surface area contributed by atoms with Crippen molar-refractivity contribution < 1.29 is 28.6 Å². The van der Waals surface area contributed by atoms with Crippen LogP contribution in [0.15, 0.2) is 85.1 Å². The van der Waals surface area contributed by atoms with Crippen LogP contribution in [0.4, 0.5) is 0 Å². The molecule has 6 nitrogen and oxygen atoms in total. The van der Waals surface area contributed by atoms with Gasteiger partial charge in [0, 0.05) is 19.3 Å². The SMILES string of the molecule is CC/C=C\C/C=C\C/C=C\C/C=C\C/C=C\C/C=C\C/C=C\CCCCCC(=O)OCC(COC(=O)CCCCCCCCCC)OC(=O)CCCCCCCCCCCCCCCCCCC. The van der Waals surface area contributed by atoms with Gasteiger partial charge in [-0.05, 0) is 77.0 Å². The maximum absolute atomic E-state index is 12.8. The Balaban J connectivity index is 4.30. The molecular formula is C62H106O6. The van der Waals surface area contributed by atoms with Crippen LogP contribution in [0.2, 0.25) is 0 Å². The molecule has 68 heavy (non-hydrogen) atoms. The van der Waals surface area contributed by atoms with E-state index in [1.54, 1.807) is 0 Å². The number of ether oxygens (including phenoxy) is 3. The summed E-state index contributed by atoms with van der Waals surface area (Å²) in [7, 11) is 0. The van der Waals surface area contributed by atoms with Crippen LogP contribution >= 0.6 is 0 Å². The van der Waals surface area contributed by atoms with Gasteiger partial charge in [0.2, 0.25) is 0 Å². The molecule has 0 aromatic heterocycles. The first-order chi connectivity index (χ1) is 33.5. The molecule has 390 valence electrons. The van der Waals surface area contributed by atoms with Gasteiger partial charge in [0.15, 0.2) is 6.10 Å². The number of carbonyl (C=O) groups is 3. The number of rotatable bonds is 51. The van der Waals surface area contributed by atoms with E-state index < -0.39 is 6.10 Å². The lowest BCUT2D eigenvalue weighted by molar-refractivity contribution is -0.167. The molecule has 0 amide bonds. The van der Waals surface area contributed by atoms with Crippen molar-refractivity contribution in [2.75, 3.05) is 13.2 Å². The monoisotopic (exact) mass is 947 g/mol. The second-order valence-electron chi connectivity index (χ2n) is 18.8. The Morgan fingerprint density at radius 2 is 0.574 bits per heavy atom. The minimum absolute atomic E-state index is 0.0845. The molecule has 0 rings (SSSR count). The molecule has 0 radical (unpaired) electrons. The highest BCUT2D eigenvalue weighted by atomic mass is 16.6. The van der Waals surface area contributed by atoms with Gasteiger partial charge in [0.05, 0.1) is 0 Å². The van der Waals surface area contributed by atoms with Crippen LogP contribution in [-0.4, -0.2) is 37.2 Å². The third kappa shape index (κ3) is 53.5. The normalized spacial score (nSPS) is 12.7. The van der Waals surface area contributed by atoms with Crippen molar-refractivity contribution in [3.05, 3.63) is 85.1 Å². The quantitative estimate of drug-likeness (QED) is 0.0262. The molecular weight excluding hydrogens is 841 g/mol. The molecule has 0 aromatic rings. The summed E-state index contributed by atoms with van der Waals surface area (Å²) < 4.78 is 16.8. The first kappa shape index (κ1) is 64.6. The zero-order valence-electron chi connectivity index (χ0n) is 44.6. The maximum Gasteiger partial charge on any atom is 0.306 e. The van der Waals surface area contributed by atoms with Crippen molar-refractivity contribution in [2.45, 2.75) is 277 Å². The Morgan fingerprint density at radius 1 is 0.309 bits per heavy atom. The molecule has 1 unspecified atom stereocenters. The molecule has 0 spiro atoms. The van der Waals surface area contributed by atoms with Gasteiger partial charge < -0.3 is 14.2 Å². The first-order valence-corrected chi connectivity index (χ1v) is 28.6. The zero-order chi connectivity index (χ0) is 49.3. The van der Waals surface area contributed by atoms with Gasteiger partial charge in [-0.3, -0.25) is 14.4 Å². The van der Waals surface area contributed by atoms with Crippen LogP contribution in [0.25, 0.3) is 0 Å². The summed E-state index contributed by atoms with van der Waals surface area (Å²) in [6.45, 7) is 6.48. The Labute approximate surface area is 420 Å². The summed E-state index contributed by atoms with van der Waals surface area (Å²) in [5.74, 6) is -0.916. The topological polar surface area (TPSA) is 78.9 Å². The average molecular weight is 948 g/mol. The van der Waals surface area contributed by atoms with E-state index in [-0.39, 0.29) is 31.1 Å². The number of carbonyl (C=O) groups excluding carboxylic acids is 3. The van der Waals surface area contributed by atoms with E-state index in [2.05, 4.69) is 106 Å². The maximum atomic E-state index is 12.8. The van der Waals surface area contributed by atoms with Crippen LogP contribution in [0.1, 0.15) is 271 Å². The molecule has 0 N–H and O–H groups in total. The van der Waals surface area contributed by atoms with Crippen LogP contribution in [0.5, 0.6) is 0 Å². The summed E-state index contributed by atoms with van der Waals surface area (Å²) in [5, 5.41) is 0. The molecule has 0 saturated heterocycles. The lowest BCUT2D eigenvalue weighted by atomic mass is 10.0. The van der Waals surface area contributed by atoms with Crippen LogP contribution in [0.3, 0.4) is 0 Å². The van der Waals surface area contributed by atoms with Crippen molar-refractivity contribution in [1.29, 1.82) is 0 Å². The third-order valence-electron chi connectivity index (χ3n) is 12.2. The summed E-state index contributed by atoms with van der Waals surface area (Å²) in [6.07, 6.45) is 73.0. The molecule has 0 aliphatic rings. The highest BCUT2D eigenvalue weighted by molar-refractivity contribution is 5.71. The molecule has 0 saturated carbocycles. The Kier molecular flexibility index (Phi) is 53.4. The Hall–Kier alpha value is -3.41. The van der Waals surface area contributed by atoms with Gasteiger partial charge in [-0.1, -0.05) is 260 Å². The van der Waals surface area contributed by atoms with E-state index >= 15 is 0 Å². The highest BCUT2D eigenvalue weighted by Gasteiger charge is 2.19. The largest absolute Gasteiger partial charge is 0.462 e. The van der Waals surface area contributed by atoms with Crippen molar-refractivity contribution in [2.24, 2.45) is 0 Å². The molecule has 0 heterocycles. The van der Waals surface area contributed by atoms with Gasteiger partial charge in [0.1, 0.15) is 13.2 Å². The molecule has 0 bridgehead atoms. The Bertz CT molecular complexity index is 1320. The van der Waals surface area contributed by atoms with Gasteiger partial charge in [-0.2, -0.15) is 0 Å². The van der Waals surface area contributed by atoms with Crippen molar-refractivity contribution in [1.82, 2.24) is 0 Å². The van der Waals surface area contributed by atoms with Crippen molar-refractivity contribution in [3.8, 4) is 0 Å². The lowest BCUT2D eigenvalue weighted by Crippen LogP contribution is -2.30. The molecule has 0 aliphatic heterocycles. The smallest absolute Gasteiger partial charge is 0.306 e. The molecule has 6 heteroatoms. The van der Waals surface area contributed by atoms with Gasteiger partial charge >= 0.3 is 17.9 Å². The van der Waals surface area contributed by atoms with E-state index in [0.29, 0.717) is 19.3 Å². The highest BCUT2D eigenvalue weighted by Crippen LogP contribution is 2.16. The number of hydrogen-bond acceptors (Lipinski definition) is 6. The summed E-state index contributed by atoms with van der Waals surface area (Å²) in [4.78, 5) is 38.0. The fourth-order valence-corrected chi connectivity index (χ4v) is 7.89. The average Bonchev–Trinajstić information content (AvgIpc) is 3.34. The number of hydrogen-bond donors (Lipinski definition) is 0. The second kappa shape index (κ2) is 56.2. The van der Waals surface area contributed by atoms with Crippen LogP contribution < -0.4 is 0 Å². The Morgan fingerprint density at radius 3 is 0.897 bits per heavy atom. The molecule has 1 atom stereocenters. The van der Waals surface area contributed by atoms with E-state index in [1.165, 1.54) is 122 Å². The number of allylic oxidation sites excluding steroid dienone is 14. The fourth-order valence-electron chi connectivity index (χ4n) is 7.89. The van der Waals surface area contributed by atoms with Gasteiger partial charge in [-0.25, -0.2) is 0 Å². The van der Waals surface area contributed by atoms with Crippen molar-refractivity contribution >= 4 is 17.9 Å². The summed E-state index contributed by atoms with van der Waals surface area (Å²) in [5.41, 5.74) is 0. The fraction of sp³-hybridized carbons (Fsp3) is 0.726. The first-order valence-electron chi connectivity index (χ1n) is 28.6.